The molecule has 0 spiro atoms. The van der Waals surface area contributed by atoms with Crippen molar-refractivity contribution in [3.8, 4) is 0 Å². The second kappa shape index (κ2) is 3.02. The molecular formula is C7H10N2OS. The number of hydrogen-bond donors (Lipinski definition) is 1. The van der Waals surface area contributed by atoms with Crippen LogP contribution in [0.3, 0.4) is 0 Å². The van der Waals surface area contributed by atoms with Crippen LogP contribution in [0.1, 0.15) is 0 Å². The molecule has 0 fully saturated rings. The highest BCUT2D eigenvalue weighted by Crippen LogP contribution is 2.00. The molecule has 0 aliphatic rings. The number of nitrogens with zero attached hydrogens (tertiary/aromatic N) is 1. The molecule has 1 unspecified atom stereocenters. The van der Waals surface area contributed by atoms with E-state index in [1.165, 1.54) is 0 Å². The van der Waals surface area contributed by atoms with Crippen molar-refractivity contribution in [3.63, 3.8) is 0 Å². The van der Waals surface area contributed by atoms with Crippen molar-refractivity contribution >= 4 is 15.6 Å². The maximum absolute atomic E-state index is 11.5. The van der Waals surface area contributed by atoms with E-state index in [1.54, 1.807) is 31.4 Å². The summed E-state index contributed by atoms with van der Waals surface area (Å²) in [5.74, 6) is 3.51. The van der Waals surface area contributed by atoms with Crippen LogP contribution in [0.4, 0.5) is 0 Å². The summed E-state index contributed by atoms with van der Waals surface area (Å²) in [5.41, 5.74) is 0. The molecule has 0 aromatic carbocycles. The summed E-state index contributed by atoms with van der Waals surface area (Å²) in [6.07, 6.45) is 1.59. The molecule has 1 atom stereocenters. The molecule has 0 radical (unpaired) electrons. The summed E-state index contributed by atoms with van der Waals surface area (Å²) in [6, 6.07) is 5.24. The molecule has 0 bridgehead atoms. The summed E-state index contributed by atoms with van der Waals surface area (Å²) in [7, 11) is -0.758. The Morgan fingerprint density at radius 2 is 2.36 bits per heavy atom. The summed E-state index contributed by atoms with van der Waals surface area (Å²) in [4.78, 5) is 3.92. The lowest BCUT2D eigenvalue weighted by atomic mass is 10.5. The van der Waals surface area contributed by atoms with Crippen LogP contribution < -0.4 is 4.72 Å². The Hall–Kier alpha value is -0.870. The first-order valence-electron chi connectivity index (χ1n) is 3.13. The monoisotopic (exact) mass is 170 g/mol. The van der Waals surface area contributed by atoms with Gasteiger partial charge in [-0.3, -0.25) is 0 Å². The Morgan fingerprint density at radius 3 is 2.82 bits per heavy atom. The molecule has 4 heteroatoms. The molecule has 60 valence electrons. The average molecular weight is 170 g/mol. The van der Waals surface area contributed by atoms with Gasteiger partial charge in [-0.05, 0) is 25.1 Å². The van der Waals surface area contributed by atoms with Gasteiger partial charge in [0.05, 0.1) is 9.71 Å². The van der Waals surface area contributed by atoms with Crippen molar-refractivity contribution in [2.24, 2.45) is 0 Å². The molecule has 0 amide bonds. The minimum atomic E-state index is -2.36. The highest BCUT2D eigenvalue weighted by molar-refractivity contribution is 7.98. The molecule has 11 heavy (non-hydrogen) atoms. The zero-order valence-corrected chi connectivity index (χ0v) is 7.10. The van der Waals surface area contributed by atoms with Crippen molar-refractivity contribution < 1.29 is 4.21 Å². The predicted molar refractivity (Wildman–Crippen MR) is 46.8 cm³/mol. The Labute approximate surface area is 66.6 Å². The van der Waals surface area contributed by atoms with Crippen LogP contribution in [0.2, 0.25) is 0 Å². The Kier molecular flexibility index (Phi) is 2.26. The van der Waals surface area contributed by atoms with E-state index in [9.17, 15) is 4.21 Å². The SMILES string of the molecule is C=S(=O)(NC)c1ccccn1. The lowest BCUT2D eigenvalue weighted by Gasteiger charge is -2.04. The molecule has 1 rings (SSSR count). The van der Waals surface area contributed by atoms with E-state index in [0.717, 1.165) is 0 Å². The van der Waals surface area contributed by atoms with Crippen molar-refractivity contribution in [1.82, 2.24) is 9.71 Å². The summed E-state index contributed by atoms with van der Waals surface area (Å²) in [5, 5.41) is 0.488. The lowest BCUT2D eigenvalue weighted by Crippen LogP contribution is -2.19. The first-order valence-corrected chi connectivity index (χ1v) is 4.86. The number of pyridine rings is 1. The minimum Gasteiger partial charge on any atom is -0.247 e. The van der Waals surface area contributed by atoms with E-state index < -0.39 is 9.71 Å². The zero-order chi connectivity index (χ0) is 8.32. The number of hydrogen-bond acceptors (Lipinski definition) is 2. The van der Waals surface area contributed by atoms with Gasteiger partial charge in [-0.15, -0.1) is 0 Å². The summed E-state index contributed by atoms with van der Waals surface area (Å²) >= 11 is 0. The van der Waals surface area contributed by atoms with Gasteiger partial charge in [-0.25, -0.2) is 13.9 Å². The molecule has 0 aliphatic heterocycles. The normalized spacial score (nSPS) is 15.7. The fourth-order valence-electron chi connectivity index (χ4n) is 0.647. The van der Waals surface area contributed by atoms with Crippen molar-refractivity contribution in [2.45, 2.75) is 5.03 Å². The van der Waals surface area contributed by atoms with Gasteiger partial charge in [0.1, 0.15) is 5.03 Å². The van der Waals surface area contributed by atoms with Gasteiger partial charge < -0.3 is 0 Å². The molecule has 3 nitrogen and oxygen atoms in total. The lowest BCUT2D eigenvalue weighted by molar-refractivity contribution is 0.672. The van der Waals surface area contributed by atoms with Crippen LogP contribution in [0.15, 0.2) is 29.4 Å². The molecule has 1 N–H and O–H groups in total. The molecule has 1 aromatic heterocycles. The third-order valence-corrected chi connectivity index (χ3v) is 2.88. The molecule has 0 saturated carbocycles. The summed E-state index contributed by atoms with van der Waals surface area (Å²) < 4.78 is 14.1. The second-order valence-electron chi connectivity index (χ2n) is 2.05. The topological polar surface area (TPSA) is 42.0 Å². The van der Waals surface area contributed by atoms with E-state index in [4.69, 9.17) is 0 Å². The quantitative estimate of drug-likeness (QED) is 0.648. The van der Waals surface area contributed by atoms with Gasteiger partial charge in [0.25, 0.3) is 0 Å². The Morgan fingerprint density at radius 1 is 1.64 bits per heavy atom. The fraction of sp³-hybridized carbons (Fsp3) is 0.143. The summed E-state index contributed by atoms with van der Waals surface area (Å²) in [6.45, 7) is 0. The number of nitrogens with one attached hydrogen (secondary N) is 1. The van der Waals surface area contributed by atoms with Crippen molar-refractivity contribution in [1.29, 1.82) is 0 Å². The van der Waals surface area contributed by atoms with Gasteiger partial charge in [0.15, 0.2) is 0 Å². The molecule has 1 heterocycles. The Bertz CT molecular complexity index is 318. The first-order chi connectivity index (χ1) is 5.17. The van der Waals surface area contributed by atoms with Crippen LogP contribution >= 0.6 is 0 Å². The molecule has 0 aliphatic carbocycles. The Balaban J connectivity index is 3.14. The maximum atomic E-state index is 11.5. The molecular weight excluding hydrogens is 160 g/mol. The van der Waals surface area contributed by atoms with E-state index in [2.05, 4.69) is 15.6 Å². The molecule has 1 aromatic rings. The third-order valence-electron chi connectivity index (χ3n) is 1.31. The van der Waals surface area contributed by atoms with E-state index in [-0.39, 0.29) is 0 Å². The van der Waals surface area contributed by atoms with Gasteiger partial charge in [-0.2, -0.15) is 0 Å². The second-order valence-corrected chi connectivity index (χ2v) is 4.22. The van der Waals surface area contributed by atoms with Crippen LogP contribution in [0, 0.1) is 0 Å². The number of aromatic nitrogens is 1. The largest absolute Gasteiger partial charge is 0.247 e. The van der Waals surface area contributed by atoms with Crippen LogP contribution in [0.5, 0.6) is 0 Å². The van der Waals surface area contributed by atoms with E-state index >= 15 is 0 Å². The van der Waals surface area contributed by atoms with Crippen LogP contribution in [-0.2, 0) is 9.71 Å². The first kappa shape index (κ1) is 8.23. The van der Waals surface area contributed by atoms with E-state index in [1.807, 2.05) is 0 Å². The minimum absolute atomic E-state index is 0.488. The highest BCUT2D eigenvalue weighted by Gasteiger charge is 2.02. The molecule has 0 saturated heterocycles. The van der Waals surface area contributed by atoms with Crippen molar-refractivity contribution in [2.75, 3.05) is 7.05 Å². The smallest absolute Gasteiger partial charge is 0.132 e. The predicted octanol–water partition coefficient (Wildman–Crippen LogP) is 0.291. The van der Waals surface area contributed by atoms with Gasteiger partial charge in [0.2, 0.25) is 0 Å². The average Bonchev–Trinajstić information content (AvgIpc) is 2.06. The zero-order valence-electron chi connectivity index (χ0n) is 6.28. The van der Waals surface area contributed by atoms with Gasteiger partial charge >= 0.3 is 0 Å². The van der Waals surface area contributed by atoms with Gasteiger partial charge in [0, 0.05) is 6.20 Å². The highest BCUT2D eigenvalue weighted by atomic mass is 32.2. The van der Waals surface area contributed by atoms with Crippen LogP contribution in [-0.4, -0.2) is 22.1 Å². The standard InChI is InChI=1S/C7H10N2OS/c1-8-11(2,10)7-5-3-4-6-9-7/h3-6H,2H2,1H3,(H,8,10). The van der Waals surface area contributed by atoms with Gasteiger partial charge in [-0.1, -0.05) is 6.07 Å². The number of rotatable bonds is 2. The fourth-order valence-corrected chi connectivity index (χ4v) is 1.39. The third kappa shape index (κ3) is 1.78. The van der Waals surface area contributed by atoms with Crippen LogP contribution in [0.25, 0.3) is 0 Å². The maximum Gasteiger partial charge on any atom is 0.132 e. The van der Waals surface area contributed by atoms with E-state index in [0.29, 0.717) is 5.03 Å². The van der Waals surface area contributed by atoms with Crippen molar-refractivity contribution in [3.05, 3.63) is 24.4 Å².